The van der Waals surface area contributed by atoms with Crippen LogP contribution in [0.4, 0.5) is 4.79 Å². The number of aromatic nitrogens is 1. The van der Waals surface area contributed by atoms with Crippen molar-refractivity contribution in [2.75, 3.05) is 13.2 Å². The number of rotatable bonds is 9. The van der Waals surface area contributed by atoms with Crippen LogP contribution in [0, 0.1) is 0 Å². The lowest BCUT2D eigenvalue weighted by Gasteiger charge is -2.19. The molecule has 0 radical (unpaired) electrons. The van der Waals surface area contributed by atoms with E-state index < -0.39 is 5.60 Å². The number of carbonyl (C=O) groups excluding carboxylic acids is 2. The van der Waals surface area contributed by atoms with Gasteiger partial charge in [-0.05, 0) is 58.7 Å². The summed E-state index contributed by atoms with van der Waals surface area (Å²) in [4.78, 5) is 23.7. The molecule has 2 rings (SSSR count). The normalized spacial score (nSPS) is 11.4. The van der Waals surface area contributed by atoms with Gasteiger partial charge in [0.25, 0.3) is 0 Å². The fraction of sp³-hybridized carbons (Fsp3) is 0.545. The summed E-state index contributed by atoms with van der Waals surface area (Å²) in [6.07, 6.45) is 5.76. The Morgan fingerprint density at radius 3 is 2.54 bits per heavy atom. The molecule has 154 valence electrons. The maximum atomic E-state index is 12.1. The number of hydrogen-bond donors (Lipinski definition) is 1. The Hall–Kier alpha value is -2.50. The fourth-order valence-corrected chi connectivity index (χ4v) is 3.07. The van der Waals surface area contributed by atoms with Crippen molar-refractivity contribution < 1.29 is 19.1 Å². The molecule has 28 heavy (non-hydrogen) atoms. The highest BCUT2D eigenvalue weighted by Gasteiger charge is 2.15. The van der Waals surface area contributed by atoms with Crippen LogP contribution in [-0.2, 0) is 16.0 Å². The van der Waals surface area contributed by atoms with E-state index in [-0.39, 0.29) is 12.1 Å². The number of ether oxygens (including phenoxy) is 2. The van der Waals surface area contributed by atoms with Gasteiger partial charge in [0.05, 0.1) is 12.2 Å². The third kappa shape index (κ3) is 6.59. The summed E-state index contributed by atoms with van der Waals surface area (Å²) >= 11 is 0. The van der Waals surface area contributed by atoms with Crippen molar-refractivity contribution in [3.8, 4) is 0 Å². The van der Waals surface area contributed by atoms with Crippen molar-refractivity contribution in [2.24, 2.45) is 0 Å². The SMILES string of the molecule is CCOC(=O)c1cccc2c1ccn2CCCCCCNC(=O)OC(C)(C)C. The van der Waals surface area contributed by atoms with Gasteiger partial charge < -0.3 is 19.4 Å². The molecule has 0 aliphatic heterocycles. The Balaban J connectivity index is 1.74. The highest BCUT2D eigenvalue weighted by atomic mass is 16.6. The first kappa shape index (κ1) is 21.8. The first-order chi connectivity index (χ1) is 13.3. The first-order valence-electron chi connectivity index (χ1n) is 10.0. The molecule has 1 heterocycles. The Morgan fingerprint density at radius 2 is 1.82 bits per heavy atom. The maximum absolute atomic E-state index is 12.1. The molecule has 2 aromatic rings. The lowest BCUT2D eigenvalue weighted by Crippen LogP contribution is -2.32. The number of nitrogens with one attached hydrogen (secondary N) is 1. The van der Waals surface area contributed by atoms with E-state index in [0.29, 0.717) is 18.7 Å². The Labute approximate surface area is 167 Å². The van der Waals surface area contributed by atoms with Gasteiger partial charge in [0.1, 0.15) is 5.60 Å². The topological polar surface area (TPSA) is 69.6 Å². The lowest BCUT2D eigenvalue weighted by molar-refractivity contribution is 0.0517. The predicted octanol–water partition coefficient (Wildman–Crippen LogP) is 4.90. The number of carbonyl (C=O) groups is 2. The largest absolute Gasteiger partial charge is 0.462 e. The van der Waals surface area contributed by atoms with Crippen LogP contribution in [0.25, 0.3) is 10.9 Å². The Morgan fingerprint density at radius 1 is 1.07 bits per heavy atom. The quantitative estimate of drug-likeness (QED) is 0.490. The highest BCUT2D eigenvalue weighted by Crippen LogP contribution is 2.22. The van der Waals surface area contributed by atoms with Crippen LogP contribution in [-0.4, -0.2) is 35.4 Å². The van der Waals surface area contributed by atoms with Gasteiger partial charge in [-0.3, -0.25) is 0 Å². The number of nitrogens with zero attached hydrogens (tertiary/aromatic N) is 1. The molecule has 0 aliphatic carbocycles. The smallest absolute Gasteiger partial charge is 0.407 e. The number of aryl methyl sites for hydroxylation is 1. The van der Waals surface area contributed by atoms with Gasteiger partial charge in [0.2, 0.25) is 0 Å². The molecule has 1 N–H and O–H groups in total. The van der Waals surface area contributed by atoms with E-state index in [1.807, 2.05) is 58.2 Å². The van der Waals surface area contributed by atoms with E-state index in [1.165, 1.54) is 0 Å². The molecule has 0 atom stereocenters. The minimum Gasteiger partial charge on any atom is -0.462 e. The number of amides is 1. The molecular weight excluding hydrogens is 356 g/mol. The van der Waals surface area contributed by atoms with E-state index in [9.17, 15) is 9.59 Å². The van der Waals surface area contributed by atoms with Gasteiger partial charge in [-0.2, -0.15) is 0 Å². The van der Waals surface area contributed by atoms with E-state index in [4.69, 9.17) is 9.47 Å². The van der Waals surface area contributed by atoms with Gasteiger partial charge in [0.15, 0.2) is 0 Å². The summed E-state index contributed by atoms with van der Waals surface area (Å²) in [5, 5.41) is 3.72. The Kier molecular flexibility index (Phi) is 7.91. The molecule has 0 unspecified atom stereocenters. The molecule has 0 aliphatic rings. The number of fused-ring (bicyclic) bond motifs is 1. The van der Waals surface area contributed by atoms with E-state index >= 15 is 0 Å². The zero-order valence-electron chi connectivity index (χ0n) is 17.4. The molecule has 1 aromatic heterocycles. The molecule has 0 fully saturated rings. The van der Waals surface area contributed by atoms with Crippen LogP contribution < -0.4 is 5.32 Å². The zero-order chi connectivity index (χ0) is 20.6. The van der Waals surface area contributed by atoms with Crippen molar-refractivity contribution in [1.82, 2.24) is 9.88 Å². The highest BCUT2D eigenvalue weighted by molar-refractivity contribution is 6.03. The van der Waals surface area contributed by atoms with Gasteiger partial charge in [-0.1, -0.05) is 18.9 Å². The average Bonchev–Trinajstić information content (AvgIpc) is 3.02. The average molecular weight is 389 g/mol. The minimum atomic E-state index is -0.462. The van der Waals surface area contributed by atoms with Gasteiger partial charge in [-0.15, -0.1) is 0 Å². The second kappa shape index (κ2) is 10.2. The van der Waals surface area contributed by atoms with Crippen LogP contribution in [0.2, 0.25) is 0 Å². The predicted molar refractivity (Wildman–Crippen MR) is 111 cm³/mol. The van der Waals surface area contributed by atoms with E-state index in [1.54, 1.807) is 0 Å². The van der Waals surface area contributed by atoms with Crippen molar-refractivity contribution >= 4 is 23.0 Å². The summed E-state index contributed by atoms with van der Waals surface area (Å²) in [7, 11) is 0. The molecule has 1 amide bonds. The fourth-order valence-electron chi connectivity index (χ4n) is 3.07. The molecule has 0 saturated heterocycles. The van der Waals surface area contributed by atoms with Crippen LogP contribution in [0.3, 0.4) is 0 Å². The van der Waals surface area contributed by atoms with Gasteiger partial charge >= 0.3 is 12.1 Å². The van der Waals surface area contributed by atoms with Crippen molar-refractivity contribution in [1.29, 1.82) is 0 Å². The van der Waals surface area contributed by atoms with Gasteiger partial charge in [0, 0.05) is 30.2 Å². The monoisotopic (exact) mass is 388 g/mol. The number of hydrogen-bond acceptors (Lipinski definition) is 4. The minimum absolute atomic E-state index is 0.275. The summed E-state index contributed by atoms with van der Waals surface area (Å²) in [6, 6.07) is 7.71. The summed E-state index contributed by atoms with van der Waals surface area (Å²) in [6.45, 7) is 9.28. The van der Waals surface area contributed by atoms with Crippen LogP contribution in [0.1, 0.15) is 63.7 Å². The summed E-state index contributed by atoms with van der Waals surface area (Å²) in [5.74, 6) is -0.275. The molecule has 0 saturated carbocycles. The van der Waals surface area contributed by atoms with Crippen LogP contribution in [0.5, 0.6) is 0 Å². The zero-order valence-corrected chi connectivity index (χ0v) is 17.4. The van der Waals surface area contributed by atoms with Crippen LogP contribution in [0.15, 0.2) is 30.5 Å². The molecule has 0 bridgehead atoms. The molecule has 0 spiro atoms. The number of unbranched alkanes of at least 4 members (excludes halogenated alkanes) is 3. The summed E-state index contributed by atoms with van der Waals surface area (Å²) < 4.78 is 12.5. The van der Waals surface area contributed by atoms with Crippen molar-refractivity contribution in [3.63, 3.8) is 0 Å². The number of esters is 1. The lowest BCUT2D eigenvalue weighted by atomic mass is 10.1. The van der Waals surface area contributed by atoms with Crippen molar-refractivity contribution in [3.05, 3.63) is 36.0 Å². The first-order valence-corrected chi connectivity index (χ1v) is 10.0. The second-order valence-corrected chi connectivity index (χ2v) is 7.81. The standard InChI is InChI=1S/C22H32N2O4/c1-5-27-20(25)18-11-10-12-19-17(18)13-16-24(19)15-9-7-6-8-14-23-21(26)28-22(2,3)4/h10-13,16H,5-9,14-15H2,1-4H3,(H,23,26). The Bertz CT molecular complexity index is 789. The van der Waals surface area contributed by atoms with Crippen molar-refractivity contribution in [2.45, 2.75) is 65.5 Å². The number of alkyl carbamates (subject to hydrolysis) is 1. The third-order valence-electron chi connectivity index (χ3n) is 4.30. The maximum Gasteiger partial charge on any atom is 0.407 e. The molecule has 6 heteroatoms. The molecule has 6 nitrogen and oxygen atoms in total. The molecular formula is C22H32N2O4. The van der Waals surface area contributed by atoms with Crippen LogP contribution >= 0.6 is 0 Å². The molecule has 1 aromatic carbocycles. The second-order valence-electron chi connectivity index (χ2n) is 7.81. The van der Waals surface area contributed by atoms with Gasteiger partial charge in [-0.25, -0.2) is 9.59 Å². The number of benzene rings is 1. The third-order valence-corrected chi connectivity index (χ3v) is 4.30. The van der Waals surface area contributed by atoms with E-state index in [2.05, 4.69) is 9.88 Å². The summed E-state index contributed by atoms with van der Waals surface area (Å²) in [5.41, 5.74) is 1.21. The van der Waals surface area contributed by atoms with E-state index in [0.717, 1.165) is 43.1 Å².